The van der Waals surface area contributed by atoms with E-state index in [2.05, 4.69) is 11.5 Å². The molecule has 0 bridgehead atoms. The molecule has 58 valence electrons. The van der Waals surface area contributed by atoms with Crippen LogP contribution in [0.15, 0.2) is 0 Å². The molecule has 0 unspecified atom stereocenters. The van der Waals surface area contributed by atoms with Crippen LogP contribution in [0.2, 0.25) is 0 Å². The molecule has 0 amide bonds. The molecule has 0 aliphatic heterocycles. The van der Waals surface area contributed by atoms with Gasteiger partial charge in [0.15, 0.2) is 5.96 Å². The summed E-state index contributed by atoms with van der Waals surface area (Å²) in [6.45, 7) is 3.44. The van der Waals surface area contributed by atoms with Crippen molar-refractivity contribution in [1.82, 2.24) is 0 Å². The van der Waals surface area contributed by atoms with Crippen molar-refractivity contribution in [1.29, 1.82) is 5.41 Å². The van der Waals surface area contributed by atoms with Crippen LogP contribution in [0.3, 0.4) is 0 Å². The normalized spacial score (nSPS) is 6.67. The summed E-state index contributed by atoms with van der Waals surface area (Å²) in [6.07, 6.45) is -0.167. The van der Waals surface area contributed by atoms with Crippen LogP contribution in [0.1, 0.15) is 13.8 Å². The Labute approximate surface area is 65.5 Å². The summed E-state index contributed by atoms with van der Waals surface area (Å²) >= 11 is 0. The van der Waals surface area contributed by atoms with Gasteiger partial charge in [-0.2, -0.15) is 0 Å². The third kappa shape index (κ3) is 2990. The fourth-order valence-electron chi connectivity index (χ4n) is 0. The number of rotatable bonds is 0. The quantitative estimate of drug-likeness (QED) is 0.322. The Balaban J connectivity index is -0.0000000720. The summed E-state index contributed by atoms with van der Waals surface area (Å²) in [7, 11) is 0. The SMILES string of the molecule is Br.CC(C)O.N=C(N)N. The van der Waals surface area contributed by atoms with Gasteiger partial charge in [-0.25, -0.2) is 0 Å². The summed E-state index contributed by atoms with van der Waals surface area (Å²) in [5.74, 6) is -0.333. The van der Waals surface area contributed by atoms with E-state index in [0.717, 1.165) is 0 Å². The van der Waals surface area contributed by atoms with Crippen molar-refractivity contribution in [3.63, 3.8) is 0 Å². The maximum atomic E-state index is 8.06. The molecule has 0 aliphatic carbocycles. The molecule has 0 saturated carbocycles. The van der Waals surface area contributed by atoms with Crippen LogP contribution in [0.5, 0.6) is 0 Å². The molecule has 0 aliphatic rings. The number of hydrogen-bond donors (Lipinski definition) is 4. The molecule has 9 heavy (non-hydrogen) atoms. The van der Waals surface area contributed by atoms with Crippen molar-refractivity contribution in [3.8, 4) is 0 Å². The van der Waals surface area contributed by atoms with Gasteiger partial charge in [0.25, 0.3) is 0 Å². The molecule has 6 N–H and O–H groups in total. The van der Waals surface area contributed by atoms with Gasteiger partial charge < -0.3 is 16.6 Å². The second-order valence-electron chi connectivity index (χ2n) is 1.55. The molecule has 0 aromatic heterocycles. The predicted molar refractivity (Wildman–Crippen MR) is 43.8 cm³/mol. The van der Waals surface area contributed by atoms with Crippen LogP contribution in [0, 0.1) is 5.41 Å². The third-order valence-electron chi connectivity index (χ3n) is 0. The Hall–Kier alpha value is -0.290. The second kappa shape index (κ2) is 10.6. The van der Waals surface area contributed by atoms with Gasteiger partial charge in [-0.1, -0.05) is 0 Å². The first-order valence-electron chi connectivity index (χ1n) is 2.24. The minimum atomic E-state index is -0.333. The lowest BCUT2D eigenvalue weighted by molar-refractivity contribution is 0.216. The molecule has 0 aromatic carbocycles. The average Bonchev–Trinajstić information content (AvgIpc) is 1.25. The Bertz CT molecular complexity index is 60.1. The van der Waals surface area contributed by atoms with E-state index in [0.29, 0.717) is 0 Å². The Kier molecular flexibility index (Phi) is 18.8. The second-order valence-corrected chi connectivity index (χ2v) is 1.55. The maximum Gasteiger partial charge on any atom is 0.183 e. The molecule has 0 heterocycles. The van der Waals surface area contributed by atoms with Crippen molar-refractivity contribution in [2.75, 3.05) is 0 Å². The van der Waals surface area contributed by atoms with Gasteiger partial charge in [0.2, 0.25) is 0 Å². The lowest BCUT2D eigenvalue weighted by Gasteiger charge is -1.80. The van der Waals surface area contributed by atoms with Crippen LogP contribution in [0.25, 0.3) is 0 Å². The standard InChI is InChI=1S/C3H8O.CH5N3.BrH/c1-3(2)4;2-1(3)4;/h3-4H,1-2H3;(H5,2,3,4);1H. The highest BCUT2D eigenvalue weighted by molar-refractivity contribution is 8.93. The predicted octanol–water partition coefficient (Wildman–Crippen LogP) is -0.196. The van der Waals surface area contributed by atoms with E-state index < -0.39 is 0 Å². The zero-order chi connectivity index (χ0) is 7.15. The van der Waals surface area contributed by atoms with Gasteiger partial charge in [0.1, 0.15) is 0 Å². The smallest absolute Gasteiger partial charge is 0.183 e. The number of aliphatic hydroxyl groups is 1. The first kappa shape index (κ1) is 15.9. The zero-order valence-corrected chi connectivity index (χ0v) is 7.30. The molecule has 0 spiro atoms. The number of nitrogens with two attached hydrogens (primary N) is 2. The van der Waals surface area contributed by atoms with Crippen LogP contribution in [-0.4, -0.2) is 17.2 Å². The monoisotopic (exact) mass is 199 g/mol. The fraction of sp³-hybridized carbons (Fsp3) is 0.750. The number of halogens is 1. The van der Waals surface area contributed by atoms with E-state index in [-0.39, 0.29) is 29.0 Å². The van der Waals surface area contributed by atoms with E-state index in [9.17, 15) is 0 Å². The van der Waals surface area contributed by atoms with Crippen molar-refractivity contribution in [2.45, 2.75) is 20.0 Å². The van der Waals surface area contributed by atoms with E-state index in [1.165, 1.54) is 0 Å². The van der Waals surface area contributed by atoms with Crippen molar-refractivity contribution >= 4 is 22.9 Å². The highest BCUT2D eigenvalue weighted by atomic mass is 79.9. The number of hydrogen-bond acceptors (Lipinski definition) is 2. The van der Waals surface area contributed by atoms with Crippen LogP contribution < -0.4 is 11.5 Å². The Morgan fingerprint density at radius 2 is 1.44 bits per heavy atom. The fourth-order valence-corrected chi connectivity index (χ4v) is 0. The van der Waals surface area contributed by atoms with Gasteiger partial charge in [-0.05, 0) is 13.8 Å². The number of nitrogens with one attached hydrogen (secondary N) is 1. The van der Waals surface area contributed by atoms with E-state index in [4.69, 9.17) is 10.5 Å². The maximum absolute atomic E-state index is 8.06. The van der Waals surface area contributed by atoms with Gasteiger partial charge in [0, 0.05) is 6.10 Å². The van der Waals surface area contributed by atoms with Crippen molar-refractivity contribution in [2.24, 2.45) is 11.5 Å². The summed E-state index contributed by atoms with van der Waals surface area (Å²) in [4.78, 5) is 0. The number of aliphatic hydroxyl groups excluding tert-OH is 1. The van der Waals surface area contributed by atoms with Crippen molar-refractivity contribution in [3.05, 3.63) is 0 Å². The summed E-state index contributed by atoms with van der Waals surface area (Å²) < 4.78 is 0. The summed E-state index contributed by atoms with van der Waals surface area (Å²) in [6, 6.07) is 0. The third-order valence-corrected chi connectivity index (χ3v) is 0. The van der Waals surface area contributed by atoms with E-state index in [1.54, 1.807) is 13.8 Å². The largest absolute Gasteiger partial charge is 0.394 e. The highest BCUT2D eigenvalue weighted by Crippen LogP contribution is 1.65. The van der Waals surface area contributed by atoms with Crippen molar-refractivity contribution < 1.29 is 5.11 Å². The zero-order valence-electron chi connectivity index (χ0n) is 5.59. The number of guanidine groups is 1. The van der Waals surface area contributed by atoms with Gasteiger partial charge in [-0.15, -0.1) is 17.0 Å². The van der Waals surface area contributed by atoms with Crippen LogP contribution in [0.4, 0.5) is 0 Å². The van der Waals surface area contributed by atoms with E-state index in [1.807, 2.05) is 0 Å². The molecule has 4 nitrogen and oxygen atoms in total. The summed E-state index contributed by atoms with van der Waals surface area (Å²) in [5.41, 5.74) is 8.94. The van der Waals surface area contributed by atoms with Gasteiger partial charge in [0.05, 0.1) is 0 Å². The first-order valence-corrected chi connectivity index (χ1v) is 2.24. The molecular formula is C4H14BrN3O. The molecular weight excluding hydrogens is 186 g/mol. The highest BCUT2D eigenvalue weighted by Gasteiger charge is 1.69. The average molecular weight is 200 g/mol. The Morgan fingerprint density at radius 3 is 1.44 bits per heavy atom. The van der Waals surface area contributed by atoms with E-state index >= 15 is 0 Å². The molecule has 0 saturated heterocycles. The Morgan fingerprint density at radius 1 is 1.44 bits per heavy atom. The minimum absolute atomic E-state index is 0. The molecule has 0 rings (SSSR count). The molecule has 0 aromatic rings. The minimum Gasteiger partial charge on any atom is -0.394 e. The summed E-state index contributed by atoms with van der Waals surface area (Å²) in [5, 5.41) is 14.1. The molecule has 0 radical (unpaired) electrons. The molecule has 0 atom stereocenters. The lowest BCUT2D eigenvalue weighted by Crippen LogP contribution is -2.20. The molecule has 0 fully saturated rings. The topological polar surface area (TPSA) is 96.1 Å². The van der Waals surface area contributed by atoms with Gasteiger partial charge >= 0.3 is 0 Å². The lowest BCUT2D eigenvalue weighted by atomic mass is 10.5. The van der Waals surface area contributed by atoms with Gasteiger partial charge in [-0.3, -0.25) is 5.41 Å². The van der Waals surface area contributed by atoms with Crippen LogP contribution >= 0.6 is 17.0 Å². The molecule has 5 heteroatoms. The first-order chi connectivity index (χ1) is 3.46. The van der Waals surface area contributed by atoms with Crippen LogP contribution in [-0.2, 0) is 0 Å².